The molecule has 122 valence electrons. The standard InChI is InChI=1S/C16H13N3O5/c1-9-2-4-10(5-3-9)13-14(20)17-16(23)19(18-13)8-11-6-7-12(24-11)15(21)22/h2-7H,8H2,1H3,(H,21,22)(H,17,20,23). The molecule has 2 heterocycles. The van der Waals surface area contributed by atoms with Crippen LogP contribution in [0.2, 0.25) is 0 Å². The minimum atomic E-state index is -1.21. The fourth-order valence-electron chi connectivity index (χ4n) is 2.17. The van der Waals surface area contributed by atoms with Gasteiger partial charge in [0.25, 0.3) is 5.56 Å². The first kappa shape index (κ1) is 15.5. The van der Waals surface area contributed by atoms with E-state index in [4.69, 9.17) is 9.52 Å². The highest BCUT2D eigenvalue weighted by Gasteiger charge is 2.13. The lowest BCUT2D eigenvalue weighted by Gasteiger charge is -2.05. The van der Waals surface area contributed by atoms with Gasteiger partial charge in [0, 0.05) is 5.56 Å². The number of aryl methyl sites for hydroxylation is 1. The average Bonchev–Trinajstić information content (AvgIpc) is 3.00. The maximum Gasteiger partial charge on any atom is 0.371 e. The van der Waals surface area contributed by atoms with Gasteiger partial charge in [-0.05, 0) is 19.1 Å². The molecular weight excluding hydrogens is 314 g/mol. The van der Waals surface area contributed by atoms with Crippen LogP contribution >= 0.6 is 0 Å². The van der Waals surface area contributed by atoms with Crippen molar-refractivity contribution in [3.05, 3.63) is 74.3 Å². The van der Waals surface area contributed by atoms with Crippen molar-refractivity contribution in [3.63, 3.8) is 0 Å². The van der Waals surface area contributed by atoms with E-state index >= 15 is 0 Å². The fourth-order valence-corrected chi connectivity index (χ4v) is 2.17. The quantitative estimate of drug-likeness (QED) is 0.744. The lowest BCUT2D eigenvalue weighted by Crippen LogP contribution is -2.33. The van der Waals surface area contributed by atoms with Crippen LogP contribution in [0.25, 0.3) is 11.3 Å². The van der Waals surface area contributed by atoms with Gasteiger partial charge < -0.3 is 9.52 Å². The molecule has 0 aliphatic carbocycles. The van der Waals surface area contributed by atoms with Crippen molar-refractivity contribution in [1.29, 1.82) is 0 Å². The summed E-state index contributed by atoms with van der Waals surface area (Å²) >= 11 is 0. The molecule has 8 heteroatoms. The molecule has 0 spiro atoms. The normalized spacial score (nSPS) is 10.7. The van der Waals surface area contributed by atoms with E-state index in [-0.39, 0.29) is 23.8 Å². The predicted molar refractivity (Wildman–Crippen MR) is 84.1 cm³/mol. The van der Waals surface area contributed by atoms with Crippen LogP contribution in [0.3, 0.4) is 0 Å². The van der Waals surface area contributed by atoms with E-state index in [9.17, 15) is 14.4 Å². The predicted octanol–water partition coefficient (Wildman–Crippen LogP) is 1.25. The molecule has 2 N–H and O–H groups in total. The summed E-state index contributed by atoms with van der Waals surface area (Å²) in [6.45, 7) is 1.82. The number of benzene rings is 1. The highest BCUT2D eigenvalue weighted by atomic mass is 16.4. The van der Waals surface area contributed by atoms with Gasteiger partial charge in [0.05, 0.1) is 0 Å². The fraction of sp³-hybridized carbons (Fsp3) is 0.125. The number of aromatic nitrogens is 3. The van der Waals surface area contributed by atoms with Crippen LogP contribution in [0, 0.1) is 6.92 Å². The summed E-state index contributed by atoms with van der Waals surface area (Å²) in [5.41, 5.74) is 0.399. The molecule has 0 fully saturated rings. The third-order valence-electron chi connectivity index (χ3n) is 3.39. The third-order valence-corrected chi connectivity index (χ3v) is 3.39. The summed E-state index contributed by atoms with van der Waals surface area (Å²) in [7, 11) is 0. The molecule has 0 bridgehead atoms. The minimum Gasteiger partial charge on any atom is -0.475 e. The molecule has 8 nitrogen and oxygen atoms in total. The first-order valence-corrected chi connectivity index (χ1v) is 7.04. The Bertz CT molecular complexity index is 1010. The van der Waals surface area contributed by atoms with Crippen LogP contribution in [0.1, 0.15) is 21.9 Å². The van der Waals surface area contributed by atoms with Crippen LogP contribution in [0.15, 0.2) is 50.4 Å². The first-order valence-electron chi connectivity index (χ1n) is 7.04. The molecule has 0 saturated carbocycles. The molecule has 0 saturated heterocycles. The van der Waals surface area contributed by atoms with Gasteiger partial charge in [0.15, 0.2) is 5.69 Å². The summed E-state index contributed by atoms with van der Waals surface area (Å²) in [5.74, 6) is -1.20. The molecule has 0 amide bonds. The zero-order chi connectivity index (χ0) is 17.3. The second-order valence-electron chi connectivity index (χ2n) is 5.20. The molecule has 0 radical (unpaired) electrons. The van der Waals surface area contributed by atoms with Crippen molar-refractivity contribution in [2.75, 3.05) is 0 Å². The van der Waals surface area contributed by atoms with E-state index < -0.39 is 17.2 Å². The molecule has 2 aromatic heterocycles. The number of aromatic amines is 1. The number of hydrogen-bond acceptors (Lipinski definition) is 5. The second kappa shape index (κ2) is 5.99. The Morgan fingerprint density at radius 1 is 1.21 bits per heavy atom. The number of carbonyl (C=O) groups is 1. The third kappa shape index (κ3) is 3.02. The summed E-state index contributed by atoms with van der Waals surface area (Å²) in [5, 5.41) is 12.9. The van der Waals surface area contributed by atoms with Crippen molar-refractivity contribution in [3.8, 4) is 11.3 Å². The molecule has 0 aliphatic rings. The number of nitrogens with zero attached hydrogens (tertiary/aromatic N) is 2. The Kier molecular flexibility index (Phi) is 3.87. The van der Waals surface area contributed by atoms with Crippen LogP contribution in [0.5, 0.6) is 0 Å². The highest BCUT2D eigenvalue weighted by molar-refractivity contribution is 5.84. The number of furan rings is 1. The molecule has 3 aromatic rings. The van der Waals surface area contributed by atoms with Crippen LogP contribution in [-0.2, 0) is 6.54 Å². The largest absolute Gasteiger partial charge is 0.475 e. The van der Waals surface area contributed by atoms with Crippen molar-refractivity contribution >= 4 is 5.97 Å². The summed E-state index contributed by atoms with van der Waals surface area (Å²) in [4.78, 5) is 36.9. The van der Waals surface area contributed by atoms with Crippen LogP contribution < -0.4 is 11.2 Å². The number of H-pyrrole nitrogens is 1. The van der Waals surface area contributed by atoms with E-state index in [0.29, 0.717) is 5.56 Å². The Labute approximate surface area is 135 Å². The van der Waals surface area contributed by atoms with E-state index in [1.807, 2.05) is 19.1 Å². The lowest BCUT2D eigenvalue weighted by atomic mass is 10.1. The lowest BCUT2D eigenvalue weighted by molar-refractivity contribution is 0.0660. The van der Waals surface area contributed by atoms with Gasteiger partial charge in [0.1, 0.15) is 12.3 Å². The highest BCUT2D eigenvalue weighted by Crippen LogP contribution is 2.13. The molecular formula is C16H13N3O5. The Hall–Kier alpha value is -3.42. The van der Waals surface area contributed by atoms with Crippen LogP contribution in [-0.4, -0.2) is 25.8 Å². The summed E-state index contributed by atoms with van der Waals surface area (Å²) in [6, 6.07) is 9.85. The maximum atomic E-state index is 12.0. The Morgan fingerprint density at radius 2 is 1.92 bits per heavy atom. The van der Waals surface area contributed by atoms with Crippen molar-refractivity contribution in [2.24, 2.45) is 0 Å². The molecule has 0 unspecified atom stereocenters. The van der Waals surface area contributed by atoms with Crippen LogP contribution in [0.4, 0.5) is 0 Å². The summed E-state index contributed by atoms with van der Waals surface area (Å²) in [6.07, 6.45) is 0. The Balaban J connectivity index is 2.00. The SMILES string of the molecule is Cc1ccc(-c2nn(Cc3ccc(C(=O)O)o3)c(=O)[nH]c2=O)cc1. The van der Waals surface area contributed by atoms with Crippen molar-refractivity contribution in [1.82, 2.24) is 14.8 Å². The van der Waals surface area contributed by atoms with Crippen molar-refractivity contribution in [2.45, 2.75) is 13.5 Å². The van der Waals surface area contributed by atoms with Gasteiger partial charge in [0.2, 0.25) is 5.76 Å². The molecule has 0 atom stereocenters. The molecule has 3 rings (SSSR count). The second-order valence-corrected chi connectivity index (χ2v) is 5.20. The van der Waals surface area contributed by atoms with Gasteiger partial charge in [-0.15, -0.1) is 0 Å². The summed E-state index contributed by atoms with van der Waals surface area (Å²) < 4.78 is 6.12. The van der Waals surface area contributed by atoms with Crippen molar-refractivity contribution < 1.29 is 14.3 Å². The topological polar surface area (TPSA) is 118 Å². The molecule has 1 aromatic carbocycles. The number of carboxylic acid groups (broad SMARTS) is 1. The monoisotopic (exact) mass is 327 g/mol. The van der Waals surface area contributed by atoms with Gasteiger partial charge in [-0.25, -0.2) is 14.3 Å². The maximum absolute atomic E-state index is 12.0. The Morgan fingerprint density at radius 3 is 2.54 bits per heavy atom. The number of aromatic carboxylic acids is 1. The number of hydrogen-bond donors (Lipinski definition) is 2. The van der Waals surface area contributed by atoms with Gasteiger partial charge >= 0.3 is 11.7 Å². The average molecular weight is 327 g/mol. The minimum absolute atomic E-state index is 0.0955. The first-order chi connectivity index (χ1) is 11.4. The molecule has 24 heavy (non-hydrogen) atoms. The van der Waals surface area contributed by atoms with E-state index in [1.54, 1.807) is 12.1 Å². The number of nitrogens with one attached hydrogen (secondary N) is 1. The van der Waals surface area contributed by atoms with E-state index in [1.165, 1.54) is 12.1 Å². The van der Waals surface area contributed by atoms with E-state index in [2.05, 4.69) is 10.1 Å². The zero-order valence-electron chi connectivity index (χ0n) is 12.6. The smallest absolute Gasteiger partial charge is 0.371 e. The number of carboxylic acids is 1. The van der Waals surface area contributed by atoms with Gasteiger partial charge in [-0.1, -0.05) is 29.8 Å². The zero-order valence-corrected chi connectivity index (χ0v) is 12.6. The number of rotatable bonds is 4. The van der Waals surface area contributed by atoms with E-state index in [0.717, 1.165) is 10.2 Å². The molecule has 0 aliphatic heterocycles. The van der Waals surface area contributed by atoms with Gasteiger partial charge in [-0.3, -0.25) is 9.78 Å². The van der Waals surface area contributed by atoms with Gasteiger partial charge in [-0.2, -0.15) is 5.10 Å².